The van der Waals surface area contributed by atoms with Gasteiger partial charge in [0.15, 0.2) is 11.5 Å². The van der Waals surface area contributed by atoms with Crippen LogP contribution in [0.1, 0.15) is 5.56 Å². The Bertz CT molecular complexity index is 859. The first-order chi connectivity index (χ1) is 13.5. The number of rotatable bonds is 7. The maximum Gasteiger partial charge on any atom is 0.238 e. The monoisotopic (exact) mass is 450 g/mol. The van der Waals surface area contributed by atoms with Crippen molar-refractivity contribution in [3.05, 3.63) is 40.4 Å². The van der Waals surface area contributed by atoms with Gasteiger partial charge in [0, 0.05) is 34.8 Å². The number of hydrogen-bond donors (Lipinski definition) is 1. The van der Waals surface area contributed by atoms with Gasteiger partial charge < -0.3 is 24.3 Å². The van der Waals surface area contributed by atoms with Gasteiger partial charge in [-0.25, -0.2) is 0 Å². The third-order valence-corrected chi connectivity index (χ3v) is 4.91. The van der Waals surface area contributed by atoms with Crippen molar-refractivity contribution >= 4 is 27.5 Å². The van der Waals surface area contributed by atoms with Gasteiger partial charge in [-0.2, -0.15) is 0 Å². The van der Waals surface area contributed by atoms with Crippen LogP contribution >= 0.6 is 15.9 Å². The Labute approximate surface area is 172 Å². The number of nitrogens with one attached hydrogen (secondary N) is 1. The number of anilines is 1. The standard InChI is InChI=1S/C20H23BrN2O5/c1-23(11-13-4-5-14(25-2)8-17(13)26-3)12-20(24)22-16-10-19-18(9-15(16)21)27-6-7-28-19/h4-5,8-10H,6-7,11-12H2,1-3H3,(H,22,24). The molecule has 0 radical (unpaired) electrons. The third kappa shape index (κ3) is 4.88. The number of hydrogen-bond acceptors (Lipinski definition) is 6. The molecule has 2 aromatic carbocycles. The molecule has 1 aliphatic rings. The maximum absolute atomic E-state index is 12.5. The number of nitrogens with zero attached hydrogens (tertiary/aromatic N) is 1. The first-order valence-electron chi connectivity index (χ1n) is 8.78. The molecule has 0 unspecified atom stereocenters. The number of amides is 1. The van der Waals surface area contributed by atoms with Gasteiger partial charge in [0.2, 0.25) is 5.91 Å². The Morgan fingerprint density at radius 1 is 1.14 bits per heavy atom. The summed E-state index contributed by atoms with van der Waals surface area (Å²) >= 11 is 3.46. The minimum absolute atomic E-state index is 0.132. The highest BCUT2D eigenvalue weighted by Gasteiger charge is 2.17. The number of carbonyl (C=O) groups excluding carboxylic acids is 1. The Hall–Kier alpha value is -2.45. The quantitative estimate of drug-likeness (QED) is 0.697. The average molecular weight is 451 g/mol. The molecule has 28 heavy (non-hydrogen) atoms. The van der Waals surface area contributed by atoms with E-state index in [1.165, 1.54) is 0 Å². The molecule has 1 heterocycles. The van der Waals surface area contributed by atoms with Crippen molar-refractivity contribution in [3.8, 4) is 23.0 Å². The van der Waals surface area contributed by atoms with Crippen LogP contribution in [0.15, 0.2) is 34.8 Å². The van der Waals surface area contributed by atoms with E-state index in [2.05, 4.69) is 21.2 Å². The van der Waals surface area contributed by atoms with E-state index >= 15 is 0 Å². The lowest BCUT2D eigenvalue weighted by molar-refractivity contribution is -0.117. The molecular formula is C20H23BrN2O5. The predicted octanol–water partition coefficient (Wildman–Crippen LogP) is 3.31. The highest BCUT2D eigenvalue weighted by molar-refractivity contribution is 9.10. The molecule has 2 aromatic rings. The molecule has 1 N–H and O–H groups in total. The van der Waals surface area contributed by atoms with Gasteiger partial charge in [-0.3, -0.25) is 9.69 Å². The fraction of sp³-hybridized carbons (Fsp3) is 0.350. The number of halogens is 1. The van der Waals surface area contributed by atoms with Crippen molar-refractivity contribution < 1.29 is 23.7 Å². The third-order valence-electron chi connectivity index (χ3n) is 4.25. The highest BCUT2D eigenvalue weighted by Crippen LogP contribution is 2.38. The van der Waals surface area contributed by atoms with Crippen LogP contribution in [0.3, 0.4) is 0 Å². The van der Waals surface area contributed by atoms with E-state index < -0.39 is 0 Å². The van der Waals surface area contributed by atoms with Crippen molar-refractivity contribution in [3.63, 3.8) is 0 Å². The molecular weight excluding hydrogens is 428 g/mol. The number of fused-ring (bicyclic) bond motifs is 1. The van der Waals surface area contributed by atoms with Gasteiger partial charge in [0.25, 0.3) is 0 Å². The van der Waals surface area contributed by atoms with Crippen LogP contribution in [0.25, 0.3) is 0 Å². The molecule has 0 fully saturated rings. The van der Waals surface area contributed by atoms with Crippen LogP contribution in [0.4, 0.5) is 5.69 Å². The van der Waals surface area contributed by atoms with Crippen LogP contribution in [-0.2, 0) is 11.3 Å². The van der Waals surface area contributed by atoms with E-state index in [0.29, 0.717) is 36.9 Å². The largest absolute Gasteiger partial charge is 0.497 e. The second-order valence-electron chi connectivity index (χ2n) is 6.37. The molecule has 1 aliphatic heterocycles. The van der Waals surface area contributed by atoms with Crippen LogP contribution in [0.5, 0.6) is 23.0 Å². The summed E-state index contributed by atoms with van der Waals surface area (Å²) in [5, 5.41) is 2.91. The molecule has 8 heteroatoms. The smallest absolute Gasteiger partial charge is 0.238 e. The van der Waals surface area contributed by atoms with Crippen molar-refractivity contribution in [2.24, 2.45) is 0 Å². The van der Waals surface area contributed by atoms with Crippen molar-refractivity contribution in [2.45, 2.75) is 6.54 Å². The van der Waals surface area contributed by atoms with Gasteiger partial charge in [0.05, 0.1) is 26.5 Å². The highest BCUT2D eigenvalue weighted by atomic mass is 79.9. The van der Waals surface area contributed by atoms with Crippen LogP contribution in [0, 0.1) is 0 Å². The van der Waals surface area contributed by atoms with E-state index in [9.17, 15) is 4.79 Å². The van der Waals surface area contributed by atoms with Crippen LogP contribution < -0.4 is 24.3 Å². The Balaban J connectivity index is 1.62. The molecule has 0 saturated carbocycles. The number of likely N-dealkylation sites (N-methyl/N-ethyl adjacent to an activating group) is 1. The number of ether oxygens (including phenoxy) is 4. The summed E-state index contributed by atoms with van der Waals surface area (Å²) in [6.07, 6.45) is 0. The van der Waals surface area contributed by atoms with Crippen molar-refractivity contribution in [2.75, 3.05) is 46.3 Å². The fourth-order valence-electron chi connectivity index (χ4n) is 2.92. The summed E-state index contributed by atoms with van der Waals surface area (Å²) in [6, 6.07) is 9.20. The second kappa shape index (κ2) is 9.16. The minimum atomic E-state index is -0.132. The Kier molecular flexibility index (Phi) is 6.64. The van der Waals surface area contributed by atoms with E-state index in [4.69, 9.17) is 18.9 Å². The minimum Gasteiger partial charge on any atom is -0.497 e. The molecule has 0 atom stereocenters. The second-order valence-corrected chi connectivity index (χ2v) is 7.23. The fourth-order valence-corrected chi connectivity index (χ4v) is 3.35. The number of methoxy groups -OCH3 is 2. The molecule has 0 aromatic heterocycles. The van der Waals surface area contributed by atoms with E-state index in [1.54, 1.807) is 26.4 Å². The summed E-state index contributed by atoms with van der Waals surface area (Å²) in [4.78, 5) is 14.4. The van der Waals surface area contributed by atoms with Gasteiger partial charge in [-0.05, 0) is 29.0 Å². The van der Waals surface area contributed by atoms with Gasteiger partial charge in [-0.15, -0.1) is 0 Å². The number of benzene rings is 2. The molecule has 7 nitrogen and oxygen atoms in total. The molecule has 0 saturated heterocycles. The lowest BCUT2D eigenvalue weighted by Gasteiger charge is -2.21. The van der Waals surface area contributed by atoms with Crippen LogP contribution in [0.2, 0.25) is 0 Å². The molecule has 3 rings (SSSR count). The predicted molar refractivity (Wildman–Crippen MR) is 110 cm³/mol. The molecule has 0 aliphatic carbocycles. The zero-order valence-corrected chi connectivity index (χ0v) is 17.7. The lowest BCUT2D eigenvalue weighted by atomic mass is 10.2. The zero-order chi connectivity index (χ0) is 20.1. The molecule has 0 bridgehead atoms. The van der Waals surface area contributed by atoms with Gasteiger partial charge in [-0.1, -0.05) is 6.07 Å². The summed E-state index contributed by atoms with van der Waals surface area (Å²) in [5.41, 5.74) is 1.61. The normalized spacial score (nSPS) is 12.6. The van der Waals surface area contributed by atoms with E-state index in [-0.39, 0.29) is 12.5 Å². The van der Waals surface area contributed by atoms with Gasteiger partial charge in [0.1, 0.15) is 24.7 Å². The molecule has 1 amide bonds. The number of carbonyl (C=O) groups is 1. The molecule has 0 spiro atoms. The lowest BCUT2D eigenvalue weighted by Crippen LogP contribution is -2.30. The Morgan fingerprint density at radius 2 is 1.86 bits per heavy atom. The summed E-state index contributed by atoms with van der Waals surface area (Å²) in [7, 11) is 5.10. The summed E-state index contributed by atoms with van der Waals surface area (Å²) < 4.78 is 22.5. The van der Waals surface area contributed by atoms with Crippen LogP contribution in [-0.4, -0.2) is 51.8 Å². The topological polar surface area (TPSA) is 69.3 Å². The van der Waals surface area contributed by atoms with E-state index in [0.717, 1.165) is 21.5 Å². The van der Waals surface area contributed by atoms with Crippen molar-refractivity contribution in [1.82, 2.24) is 4.90 Å². The first kappa shape index (κ1) is 20.3. The molecule has 150 valence electrons. The zero-order valence-electron chi connectivity index (χ0n) is 16.1. The SMILES string of the molecule is COc1ccc(CN(C)CC(=O)Nc2cc3c(cc2Br)OCCO3)c(OC)c1. The Morgan fingerprint density at radius 3 is 2.54 bits per heavy atom. The summed E-state index contributed by atoms with van der Waals surface area (Å²) in [6.45, 7) is 1.79. The van der Waals surface area contributed by atoms with E-state index in [1.807, 2.05) is 30.1 Å². The average Bonchev–Trinajstić information content (AvgIpc) is 2.68. The first-order valence-corrected chi connectivity index (χ1v) is 9.58. The van der Waals surface area contributed by atoms with Crippen molar-refractivity contribution in [1.29, 1.82) is 0 Å². The maximum atomic E-state index is 12.5. The summed E-state index contributed by atoms with van der Waals surface area (Å²) in [5.74, 6) is 2.61. The van der Waals surface area contributed by atoms with Gasteiger partial charge >= 0.3 is 0 Å².